The van der Waals surface area contributed by atoms with E-state index in [0.717, 1.165) is 22.0 Å². The summed E-state index contributed by atoms with van der Waals surface area (Å²) in [4.78, 5) is 13.5. The van der Waals surface area contributed by atoms with E-state index in [1.54, 1.807) is 6.20 Å². The van der Waals surface area contributed by atoms with E-state index >= 15 is 0 Å². The third-order valence-corrected chi connectivity index (χ3v) is 7.73. The molecule has 1 aromatic carbocycles. The molecule has 10 heteroatoms. The Morgan fingerprint density at radius 1 is 1.14 bits per heavy atom. The first-order chi connectivity index (χ1) is 17.6. The van der Waals surface area contributed by atoms with Crippen LogP contribution in [0.4, 0.5) is 14.7 Å². The lowest BCUT2D eigenvalue weighted by molar-refractivity contribution is -0.107. The molecule has 5 rings (SSSR count). The van der Waals surface area contributed by atoms with E-state index in [2.05, 4.69) is 20.3 Å². The van der Waals surface area contributed by atoms with E-state index in [4.69, 9.17) is 16.3 Å². The number of aromatic nitrogens is 3. The number of nitrogens with zero attached hydrogens (tertiary/aromatic N) is 3. The fraction of sp³-hybridized carbons (Fsp3) is 0.519. The standard InChI is InChI=1S/C27H31ClF2N4O3/c1-15(2)23-17-11-16(24-19(28)13-32-25(34-24)33-21-5-10-37-14-22(21)35)3-4-20(17)31-12-18(23)26(36)6-8-27(29,30)9-7-26/h3-4,11-13,15,21-22,35-36H,5-10,14H2,1-2H3,(H,32,33,34)/t21-,22-/m1/s1. The van der Waals surface area contributed by atoms with Crippen LogP contribution in [0.15, 0.2) is 30.6 Å². The van der Waals surface area contributed by atoms with Gasteiger partial charge in [-0.1, -0.05) is 31.5 Å². The van der Waals surface area contributed by atoms with Crippen LogP contribution in [0.3, 0.4) is 0 Å². The van der Waals surface area contributed by atoms with Crippen molar-refractivity contribution in [3.63, 3.8) is 0 Å². The molecular weight excluding hydrogens is 502 g/mol. The second kappa shape index (κ2) is 10.0. The number of aliphatic hydroxyl groups excluding tert-OH is 1. The minimum absolute atomic E-state index is 0.00955. The van der Waals surface area contributed by atoms with E-state index < -0.39 is 17.6 Å². The van der Waals surface area contributed by atoms with Gasteiger partial charge in [0.25, 0.3) is 0 Å². The summed E-state index contributed by atoms with van der Waals surface area (Å²) in [6, 6.07) is 5.44. The summed E-state index contributed by atoms with van der Waals surface area (Å²) in [5.41, 5.74) is 2.11. The molecule has 2 atom stereocenters. The molecule has 2 aliphatic rings. The fourth-order valence-corrected chi connectivity index (χ4v) is 5.55. The van der Waals surface area contributed by atoms with E-state index in [9.17, 15) is 19.0 Å². The smallest absolute Gasteiger partial charge is 0.248 e. The maximum absolute atomic E-state index is 13.9. The molecule has 2 fully saturated rings. The molecule has 3 heterocycles. The van der Waals surface area contributed by atoms with Crippen LogP contribution in [0, 0.1) is 0 Å². The van der Waals surface area contributed by atoms with Gasteiger partial charge in [-0.3, -0.25) is 4.98 Å². The Balaban J connectivity index is 1.55. The maximum atomic E-state index is 13.9. The van der Waals surface area contributed by atoms with Crippen molar-refractivity contribution in [2.45, 2.75) is 75.5 Å². The lowest BCUT2D eigenvalue weighted by Gasteiger charge is -2.38. The van der Waals surface area contributed by atoms with Gasteiger partial charge in [0.1, 0.15) is 0 Å². The molecule has 1 saturated carbocycles. The summed E-state index contributed by atoms with van der Waals surface area (Å²) in [6.45, 7) is 4.83. The maximum Gasteiger partial charge on any atom is 0.248 e. The molecule has 2 aromatic heterocycles. The highest BCUT2D eigenvalue weighted by Crippen LogP contribution is 2.47. The molecule has 7 nitrogen and oxygen atoms in total. The number of halogens is 3. The highest BCUT2D eigenvalue weighted by molar-refractivity contribution is 6.33. The zero-order valence-corrected chi connectivity index (χ0v) is 21.6. The first-order valence-corrected chi connectivity index (χ1v) is 13.0. The van der Waals surface area contributed by atoms with E-state index in [1.807, 2.05) is 32.0 Å². The Morgan fingerprint density at radius 3 is 2.59 bits per heavy atom. The van der Waals surface area contributed by atoms with Gasteiger partial charge in [0.15, 0.2) is 0 Å². The summed E-state index contributed by atoms with van der Waals surface area (Å²) in [5, 5.41) is 26.0. The first kappa shape index (κ1) is 26.2. The third kappa shape index (κ3) is 5.27. The molecule has 0 bridgehead atoms. The molecule has 1 saturated heterocycles. The quantitative estimate of drug-likeness (QED) is 0.403. The average Bonchev–Trinajstić information content (AvgIpc) is 2.87. The van der Waals surface area contributed by atoms with Crippen LogP contribution in [0.1, 0.15) is 63.0 Å². The molecule has 198 valence electrons. The second-order valence-corrected chi connectivity index (χ2v) is 10.8. The average molecular weight is 533 g/mol. The van der Waals surface area contributed by atoms with Gasteiger partial charge in [0.05, 0.1) is 46.8 Å². The molecule has 37 heavy (non-hydrogen) atoms. The van der Waals surface area contributed by atoms with Crippen LogP contribution in [-0.4, -0.2) is 56.4 Å². The zero-order chi connectivity index (χ0) is 26.4. The van der Waals surface area contributed by atoms with Crippen molar-refractivity contribution in [3.8, 4) is 11.3 Å². The summed E-state index contributed by atoms with van der Waals surface area (Å²) in [7, 11) is 0. The van der Waals surface area contributed by atoms with Crippen LogP contribution in [0.25, 0.3) is 22.2 Å². The molecule has 3 aromatic rings. The molecule has 3 N–H and O–H groups in total. The zero-order valence-electron chi connectivity index (χ0n) is 20.8. The topological polar surface area (TPSA) is 100 Å². The van der Waals surface area contributed by atoms with Crippen LogP contribution >= 0.6 is 11.6 Å². The normalized spacial score (nSPS) is 23.4. The van der Waals surface area contributed by atoms with Crippen LogP contribution < -0.4 is 5.32 Å². The van der Waals surface area contributed by atoms with E-state index in [1.165, 1.54) is 6.20 Å². The number of fused-ring (bicyclic) bond motifs is 1. The fourth-order valence-electron chi connectivity index (χ4n) is 5.35. The number of anilines is 1. The largest absolute Gasteiger partial charge is 0.389 e. The summed E-state index contributed by atoms with van der Waals surface area (Å²) in [5.74, 6) is -2.40. The molecular formula is C27H31ClF2N4O3. The van der Waals surface area contributed by atoms with E-state index in [0.29, 0.717) is 35.3 Å². The Hall–Kier alpha value is -2.46. The van der Waals surface area contributed by atoms with Gasteiger partial charge in [-0.05, 0) is 42.9 Å². The number of hydrogen-bond donors (Lipinski definition) is 3. The predicted molar refractivity (Wildman–Crippen MR) is 138 cm³/mol. The Labute approximate surface area is 219 Å². The predicted octanol–water partition coefficient (Wildman–Crippen LogP) is 5.43. The van der Waals surface area contributed by atoms with Gasteiger partial charge < -0.3 is 20.3 Å². The number of nitrogens with one attached hydrogen (secondary N) is 1. The highest BCUT2D eigenvalue weighted by atomic mass is 35.5. The number of rotatable bonds is 5. The van der Waals surface area contributed by atoms with Crippen molar-refractivity contribution in [1.82, 2.24) is 15.0 Å². The molecule has 0 unspecified atom stereocenters. The number of pyridine rings is 1. The van der Waals surface area contributed by atoms with Gasteiger partial charge >= 0.3 is 0 Å². The Bertz CT molecular complexity index is 1300. The van der Waals surface area contributed by atoms with Gasteiger partial charge in [-0.2, -0.15) is 0 Å². The minimum Gasteiger partial charge on any atom is -0.389 e. The molecule has 1 aliphatic heterocycles. The van der Waals surface area contributed by atoms with Gasteiger partial charge in [0.2, 0.25) is 11.9 Å². The van der Waals surface area contributed by atoms with Gasteiger partial charge in [0, 0.05) is 42.2 Å². The lowest BCUT2D eigenvalue weighted by Crippen LogP contribution is -2.42. The Kier molecular flexibility index (Phi) is 7.08. The number of ether oxygens (including phenoxy) is 1. The number of benzene rings is 1. The van der Waals surface area contributed by atoms with Crippen LogP contribution in [-0.2, 0) is 10.3 Å². The van der Waals surface area contributed by atoms with Gasteiger partial charge in [-0.15, -0.1) is 0 Å². The van der Waals surface area contributed by atoms with Crippen molar-refractivity contribution >= 4 is 28.5 Å². The third-order valence-electron chi connectivity index (χ3n) is 7.46. The summed E-state index contributed by atoms with van der Waals surface area (Å²) < 4.78 is 33.1. The highest BCUT2D eigenvalue weighted by Gasteiger charge is 2.44. The minimum atomic E-state index is -2.75. The van der Waals surface area contributed by atoms with Crippen molar-refractivity contribution in [3.05, 3.63) is 46.7 Å². The summed E-state index contributed by atoms with van der Waals surface area (Å²) >= 11 is 6.51. The van der Waals surface area contributed by atoms with Crippen molar-refractivity contribution < 1.29 is 23.7 Å². The second-order valence-electron chi connectivity index (χ2n) is 10.4. The van der Waals surface area contributed by atoms with Crippen LogP contribution in [0.2, 0.25) is 5.02 Å². The van der Waals surface area contributed by atoms with E-state index in [-0.39, 0.29) is 44.2 Å². The number of hydrogen-bond acceptors (Lipinski definition) is 7. The molecule has 1 aliphatic carbocycles. The lowest BCUT2D eigenvalue weighted by atomic mass is 9.75. The van der Waals surface area contributed by atoms with Crippen LogP contribution in [0.5, 0.6) is 0 Å². The number of aliphatic hydroxyl groups is 2. The summed E-state index contributed by atoms with van der Waals surface area (Å²) in [6.07, 6.45) is 2.38. The molecule has 0 spiro atoms. The van der Waals surface area contributed by atoms with Crippen molar-refractivity contribution in [2.75, 3.05) is 18.5 Å². The first-order valence-electron chi connectivity index (χ1n) is 12.6. The molecule has 0 radical (unpaired) electrons. The molecule has 0 amide bonds. The monoisotopic (exact) mass is 532 g/mol. The van der Waals surface area contributed by atoms with Gasteiger partial charge in [-0.25, -0.2) is 18.7 Å². The van der Waals surface area contributed by atoms with Crippen molar-refractivity contribution in [2.24, 2.45) is 0 Å². The van der Waals surface area contributed by atoms with Crippen molar-refractivity contribution in [1.29, 1.82) is 0 Å². The Morgan fingerprint density at radius 2 is 1.89 bits per heavy atom. The number of alkyl halides is 2. The SMILES string of the molecule is CC(C)c1c(C2(O)CCC(F)(F)CC2)cnc2ccc(-c3nc(N[C@@H]4CCOC[C@H]4O)ncc3Cl)cc12.